The van der Waals surface area contributed by atoms with E-state index >= 15 is 0 Å². The highest BCUT2D eigenvalue weighted by Crippen LogP contribution is 2.20. The Labute approximate surface area is 104 Å². The number of hydrogen-bond acceptors (Lipinski definition) is 2. The lowest BCUT2D eigenvalue weighted by molar-refractivity contribution is 0.751. The molecule has 0 amide bonds. The molecule has 0 atom stereocenters. The summed E-state index contributed by atoms with van der Waals surface area (Å²) in [5, 5.41) is 5.02. The van der Waals surface area contributed by atoms with Crippen molar-refractivity contribution in [2.24, 2.45) is 7.05 Å². The van der Waals surface area contributed by atoms with Crippen molar-refractivity contribution >= 4 is 10.9 Å². The molecule has 90 valence electrons. The number of nitrogens with zero attached hydrogens (tertiary/aromatic N) is 2. The maximum Gasteiger partial charge on any atom is 0.259 e. The van der Waals surface area contributed by atoms with Crippen LogP contribution in [0, 0.1) is 6.92 Å². The second-order valence-electron chi connectivity index (χ2n) is 4.35. The third-order valence-corrected chi connectivity index (χ3v) is 3.20. The van der Waals surface area contributed by atoms with Crippen molar-refractivity contribution in [1.29, 1.82) is 0 Å². The van der Waals surface area contributed by atoms with E-state index in [2.05, 4.69) is 10.1 Å². The Kier molecular flexibility index (Phi) is 2.30. The standard InChI is InChI=1S/C14H13N3O/c1-9-13-12(16-17(9)2)8-11(15-14(13)18)10-6-4-3-5-7-10/h3-8H,1-2H3,(H,15,18). The number of nitrogens with one attached hydrogen (secondary N) is 1. The number of aromatic nitrogens is 3. The SMILES string of the molecule is Cc1c2c(=O)[nH]c(-c3ccccc3)cc2nn1C. The number of rotatable bonds is 1. The van der Waals surface area contributed by atoms with E-state index in [-0.39, 0.29) is 5.56 Å². The van der Waals surface area contributed by atoms with Crippen LogP contribution in [0.15, 0.2) is 41.2 Å². The number of benzene rings is 1. The molecule has 0 aliphatic carbocycles. The average Bonchev–Trinajstić information content (AvgIpc) is 2.66. The molecule has 18 heavy (non-hydrogen) atoms. The lowest BCUT2D eigenvalue weighted by Crippen LogP contribution is -2.07. The second-order valence-corrected chi connectivity index (χ2v) is 4.35. The van der Waals surface area contributed by atoms with Crippen molar-refractivity contribution in [1.82, 2.24) is 14.8 Å². The first-order chi connectivity index (χ1) is 8.66. The highest BCUT2D eigenvalue weighted by Gasteiger charge is 2.10. The van der Waals surface area contributed by atoms with E-state index in [0.717, 1.165) is 22.5 Å². The van der Waals surface area contributed by atoms with Gasteiger partial charge in [-0.3, -0.25) is 9.48 Å². The van der Waals surface area contributed by atoms with Gasteiger partial charge in [0, 0.05) is 12.7 Å². The van der Waals surface area contributed by atoms with Gasteiger partial charge in [-0.2, -0.15) is 5.10 Å². The van der Waals surface area contributed by atoms with Crippen molar-refractivity contribution < 1.29 is 0 Å². The summed E-state index contributed by atoms with van der Waals surface area (Å²) in [4.78, 5) is 15.0. The third kappa shape index (κ3) is 1.54. The normalized spacial score (nSPS) is 11.0. The highest BCUT2D eigenvalue weighted by atomic mass is 16.1. The lowest BCUT2D eigenvalue weighted by atomic mass is 10.1. The molecular formula is C14H13N3O. The molecule has 0 radical (unpaired) electrons. The van der Waals surface area contributed by atoms with Crippen molar-refractivity contribution in [2.75, 3.05) is 0 Å². The fourth-order valence-corrected chi connectivity index (χ4v) is 2.15. The molecule has 0 unspecified atom stereocenters. The largest absolute Gasteiger partial charge is 0.321 e. The number of aryl methyl sites for hydroxylation is 2. The molecule has 0 aliphatic rings. The van der Waals surface area contributed by atoms with Crippen LogP contribution in [0.1, 0.15) is 5.69 Å². The summed E-state index contributed by atoms with van der Waals surface area (Å²) in [5.74, 6) is 0. The van der Waals surface area contributed by atoms with Gasteiger partial charge in [-0.1, -0.05) is 30.3 Å². The van der Waals surface area contributed by atoms with Crippen LogP contribution in [0.4, 0.5) is 0 Å². The Morgan fingerprint density at radius 3 is 2.67 bits per heavy atom. The molecule has 1 N–H and O–H groups in total. The Hall–Kier alpha value is -2.36. The summed E-state index contributed by atoms with van der Waals surface area (Å²) in [6, 6.07) is 11.7. The van der Waals surface area contributed by atoms with E-state index in [1.807, 2.05) is 50.4 Å². The van der Waals surface area contributed by atoms with Gasteiger partial charge in [0.25, 0.3) is 5.56 Å². The summed E-state index contributed by atoms with van der Waals surface area (Å²) >= 11 is 0. The molecule has 2 aromatic heterocycles. The number of fused-ring (bicyclic) bond motifs is 1. The lowest BCUT2D eigenvalue weighted by Gasteiger charge is -2.00. The van der Waals surface area contributed by atoms with E-state index in [1.54, 1.807) is 4.68 Å². The van der Waals surface area contributed by atoms with E-state index in [0.29, 0.717) is 5.39 Å². The van der Waals surface area contributed by atoms with Crippen LogP contribution in [-0.2, 0) is 7.05 Å². The molecule has 0 bridgehead atoms. The van der Waals surface area contributed by atoms with Gasteiger partial charge in [-0.05, 0) is 18.6 Å². The predicted octanol–water partition coefficient (Wildman–Crippen LogP) is 2.24. The first kappa shape index (κ1) is 10.8. The summed E-state index contributed by atoms with van der Waals surface area (Å²) < 4.78 is 1.73. The Morgan fingerprint density at radius 2 is 1.94 bits per heavy atom. The minimum absolute atomic E-state index is 0.0862. The van der Waals surface area contributed by atoms with Crippen LogP contribution >= 0.6 is 0 Å². The van der Waals surface area contributed by atoms with Crippen LogP contribution in [0.5, 0.6) is 0 Å². The number of aromatic amines is 1. The monoisotopic (exact) mass is 239 g/mol. The zero-order valence-corrected chi connectivity index (χ0v) is 10.3. The molecule has 3 aromatic rings. The molecule has 3 rings (SSSR count). The predicted molar refractivity (Wildman–Crippen MR) is 71.5 cm³/mol. The summed E-state index contributed by atoms with van der Waals surface area (Å²) in [6.07, 6.45) is 0. The fourth-order valence-electron chi connectivity index (χ4n) is 2.15. The van der Waals surface area contributed by atoms with E-state index in [9.17, 15) is 4.79 Å². The molecule has 0 spiro atoms. The number of hydrogen-bond donors (Lipinski definition) is 1. The van der Waals surface area contributed by atoms with Crippen LogP contribution in [0.2, 0.25) is 0 Å². The van der Waals surface area contributed by atoms with Crippen LogP contribution in [0.25, 0.3) is 22.2 Å². The molecule has 1 aromatic carbocycles. The molecular weight excluding hydrogens is 226 g/mol. The smallest absolute Gasteiger partial charge is 0.259 e. The number of pyridine rings is 1. The average molecular weight is 239 g/mol. The minimum Gasteiger partial charge on any atom is -0.321 e. The first-order valence-corrected chi connectivity index (χ1v) is 5.79. The van der Waals surface area contributed by atoms with E-state index in [1.165, 1.54) is 0 Å². The minimum atomic E-state index is -0.0862. The van der Waals surface area contributed by atoms with E-state index < -0.39 is 0 Å². The van der Waals surface area contributed by atoms with Crippen molar-refractivity contribution in [2.45, 2.75) is 6.92 Å². The van der Waals surface area contributed by atoms with Crippen LogP contribution in [0.3, 0.4) is 0 Å². The van der Waals surface area contributed by atoms with Gasteiger partial charge < -0.3 is 4.98 Å². The topological polar surface area (TPSA) is 50.7 Å². The van der Waals surface area contributed by atoms with Gasteiger partial charge in [0.2, 0.25) is 0 Å². The fraction of sp³-hybridized carbons (Fsp3) is 0.143. The molecule has 0 saturated carbocycles. The molecule has 4 nitrogen and oxygen atoms in total. The van der Waals surface area contributed by atoms with E-state index in [4.69, 9.17) is 0 Å². The Bertz CT molecular complexity index is 769. The second kappa shape index (κ2) is 3.84. The van der Waals surface area contributed by atoms with Gasteiger partial charge in [0.15, 0.2) is 0 Å². The molecule has 4 heteroatoms. The highest BCUT2D eigenvalue weighted by molar-refractivity contribution is 5.83. The molecule has 0 fully saturated rings. The zero-order chi connectivity index (χ0) is 12.7. The van der Waals surface area contributed by atoms with Gasteiger partial charge in [0.1, 0.15) is 5.52 Å². The third-order valence-electron chi connectivity index (χ3n) is 3.20. The molecule has 0 aliphatic heterocycles. The van der Waals surface area contributed by atoms with Crippen molar-refractivity contribution in [3.05, 3.63) is 52.4 Å². The first-order valence-electron chi connectivity index (χ1n) is 5.79. The Balaban J connectivity index is 2.32. The van der Waals surface area contributed by atoms with Crippen LogP contribution in [-0.4, -0.2) is 14.8 Å². The summed E-state index contributed by atoms with van der Waals surface area (Å²) in [7, 11) is 1.84. The maximum absolute atomic E-state index is 12.1. The van der Waals surface area contributed by atoms with Gasteiger partial charge in [0.05, 0.1) is 11.1 Å². The summed E-state index contributed by atoms with van der Waals surface area (Å²) in [6.45, 7) is 1.90. The maximum atomic E-state index is 12.1. The van der Waals surface area contributed by atoms with Gasteiger partial charge in [-0.15, -0.1) is 0 Å². The molecule has 0 saturated heterocycles. The van der Waals surface area contributed by atoms with Gasteiger partial charge >= 0.3 is 0 Å². The van der Waals surface area contributed by atoms with Crippen molar-refractivity contribution in [3.8, 4) is 11.3 Å². The van der Waals surface area contributed by atoms with Gasteiger partial charge in [-0.25, -0.2) is 0 Å². The summed E-state index contributed by atoms with van der Waals surface area (Å²) in [5.41, 5.74) is 3.31. The quantitative estimate of drug-likeness (QED) is 0.708. The zero-order valence-electron chi connectivity index (χ0n) is 10.3. The van der Waals surface area contributed by atoms with Crippen molar-refractivity contribution in [3.63, 3.8) is 0 Å². The Morgan fingerprint density at radius 1 is 1.22 bits per heavy atom. The molecule has 2 heterocycles. The van der Waals surface area contributed by atoms with Crippen LogP contribution < -0.4 is 5.56 Å². The number of H-pyrrole nitrogens is 1.